The molecule has 0 unspecified atom stereocenters. The number of fused-ring (bicyclic) bond motifs is 1. The molecule has 0 N–H and O–H groups in total. The average molecular weight is 272 g/mol. The van der Waals surface area contributed by atoms with Crippen LogP contribution in [0.2, 0.25) is 0 Å². The Morgan fingerprint density at radius 2 is 1.70 bits per heavy atom. The van der Waals surface area contributed by atoms with E-state index in [1.807, 2.05) is 0 Å². The molecular formula is C15H12O5. The van der Waals surface area contributed by atoms with Crippen LogP contribution in [0.15, 0.2) is 42.5 Å². The Kier molecular flexibility index (Phi) is 3.16. The van der Waals surface area contributed by atoms with E-state index < -0.39 is 5.97 Å². The summed E-state index contributed by atoms with van der Waals surface area (Å²) in [6, 6.07) is 11.7. The van der Waals surface area contributed by atoms with E-state index in [0.29, 0.717) is 28.6 Å². The van der Waals surface area contributed by atoms with Gasteiger partial charge >= 0.3 is 5.97 Å². The molecule has 2 aromatic carbocycles. The highest BCUT2D eigenvalue weighted by molar-refractivity contribution is 5.91. The largest absolute Gasteiger partial charge is 0.497 e. The fraction of sp³-hybridized carbons (Fsp3) is 0.133. The first-order valence-corrected chi connectivity index (χ1v) is 6.02. The Balaban J connectivity index is 1.75. The molecule has 0 amide bonds. The molecule has 2 aromatic rings. The molecule has 0 bridgehead atoms. The molecule has 102 valence electrons. The second-order valence-electron chi connectivity index (χ2n) is 4.13. The van der Waals surface area contributed by atoms with Gasteiger partial charge in [0.2, 0.25) is 6.79 Å². The molecule has 1 heterocycles. The minimum atomic E-state index is -0.450. The van der Waals surface area contributed by atoms with E-state index in [9.17, 15) is 4.79 Å². The number of carbonyl (C=O) groups is 1. The fourth-order valence-corrected chi connectivity index (χ4v) is 1.83. The lowest BCUT2D eigenvalue weighted by atomic mass is 10.2. The third-order valence-electron chi connectivity index (χ3n) is 2.88. The number of hydrogen-bond acceptors (Lipinski definition) is 5. The minimum Gasteiger partial charge on any atom is -0.497 e. The summed E-state index contributed by atoms with van der Waals surface area (Å²) >= 11 is 0. The van der Waals surface area contributed by atoms with Gasteiger partial charge in [0, 0.05) is 0 Å². The van der Waals surface area contributed by atoms with Crippen LogP contribution in [0.3, 0.4) is 0 Å². The normalized spacial score (nSPS) is 12.1. The van der Waals surface area contributed by atoms with Crippen molar-refractivity contribution in [3.63, 3.8) is 0 Å². The van der Waals surface area contributed by atoms with Crippen molar-refractivity contribution in [2.75, 3.05) is 13.9 Å². The van der Waals surface area contributed by atoms with Crippen molar-refractivity contribution in [2.45, 2.75) is 0 Å². The van der Waals surface area contributed by atoms with Gasteiger partial charge in [-0.2, -0.15) is 0 Å². The molecule has 0 aliphatic carbocycles. The van der Waals surface area contributed by atoms with Gasteiger partial charge in [-0.3, -0.25) is 0 Å². The maximum atomic E-state index is 12.0. The molecule has 5 heteroatoms. The standard InChI is InChI=1S/C15H12O5/c1-17-11-3-5-12(6-4-11)20-15(16)10-2-7-13-14(8-10)19-9-18-13/h2-8H,9H2,1H3. The summed E-state index contributed by atoms with van der Waals surface area (Å²) in [6.07, 6.45) is 0. The number of benzene rings is 2. The molecule has 20 heavy (non-hydrogen) atoms. The molecule has 1 aliphatic heterocycles. The van der Waals surface area contributed by atoms with E-state index in [-0.39, 0.29) is 6.79 Å². The first-order chi connectivity index (χ1) is 9.76. The quantitative estimate of drug-likeness (QED) is 0.635. The maximum absolute atomic E-state index is 12.0. The van der Waals surface area contributed by atoms with E-state index in [2.05, 4.69) is 0 Å². The summed E-state index contributed by atoms with van der Waals surface area (Å²) in [7, 11) is 1.58. The third-order valence-corrected chi connectivity index (χ3v) is 2.88. The molecule has 0 saturated carbocycles. The number of ether oxygens (including phenoxy) is 4. The smallest absolute Gasteiger partial charge is 0.343 e. The zero-order valence-electron chi connectivity index (χ0n) is 10.8. The van der Waals surface area contributed by atoms with Gasteiger partial charge in [0.15, 0.2) is 11.5 Å². The Morgan fingerprint density at radius 3 is 2.45 bits per heavy atom. The van der Waals surface area contributed by atoms with Crippen molar-refractivity contribution in [2.24, 2.45) is 0 Å². The second kappa shape index (κ2) is 5.13. The predicted octanol–water partition coefficient (Wildman–Crippen LogP) is 2.64. The first-order valence-electron chi connectivity index (χ1n) is 6.02. The van der Waals surface area contributed by atoms with Gasteiger partial charge in [-0.1, -0.05) is 0 Å². The summed E-state index contributed by atoms with van der Waals surface area (Å²) in [5, 5.41) is 0. The summed E-state index contributed by atoms with van der Waals surface area (Å²) in [6.45, 7) is 0.173. The molecular weight excluding hydrogens is 260 g/mol. The van der Waals surface area contributed by atoms with Gasteiger partial charge in [0.1, 0.15) is 11.5 Å². The van der Waals surface area contributed by atoms with Gasteiger partial charge in [0.25, 0.3) is 0 Å². The maximum Gasteiger partial charge on any atom is 0.343 e. The van der Waals surface area contributed by atoms with E-state index in [1.165, 1.54) is 0 Å². The Labute approximate surface area is 115 Å². The lowest BCUT2D eigenvalue weighted by Crippen LogP contribution is -2.08. The van der Waals surface area contributed by atoms with Crippen LogP contribution < -0.4 is 18.9 Å². The van der Waals surface area contributed by atoms with Gasteiger partial charge in [0.05, 0.1) is 12.7 Å². The Morgan fingerprint density at radius 1 is 1.00 bits per heavy atom. The molecule has 0 saturated heterocycles. The monoisotopic (exact) mass is 272 g/mol. The van der Waals surface area contributed by atoms with Crippen LogP contribution >= 0.6 is 0 Å². The van der Waals surface area contributed by atoms with Crippen LogP contribution in [-0.4, -0.2) is 19.9 Å². The zero-order chi connectivity index (χ0) is 13.9. The second-order valence-corrected chi connectivity index (χ2v) is 4.13. The van der Waals surface area contributed by atoms with Crippen LogP contribution in [-0.2, 0) is 0 Å². The molecule has 0 atom stereocenters. The third kappa shape index (κ3) is 2.38. The van der Waals surface area contributed by atoms with Crippen LogP contribution in [0.4, 0.5) is 0 Å². The minimum absolute atomic E-state index is 0.173. The summed E-state index contributed by atoms with van der Waals surface area (Å²) < 4.78 is 20.7. The molecule has 0 spiro atoms. The molecule has 3 rings (SSSR count). The molecule has 0 fully saturated rings. The topological polar surface area (TPSA) is 54.0 Å². The number of carbonyl (C=O) groups excluding carboxylic acids is 1. The Hall–Kier alpha value is -2.69. The zero-order valence-corrected chi connectivity index (χ0v) is 10.8. The Bertz CT molecular complexity index is 633. The molecule has 5 nitrogen and oxygen atoms in total. The van der Waals surface area contributed by atoms with Crippen molar-refractivity contribution in [1.29, 1.82) is 0 Å². The van der Waals surface area contributed by atoms with Gasteiger partial charge in [-0.15, -0.1) is 0 Å². The van der Waals surface area contributed by atoms with Crippen molar-refractivity contribution in [3.05, 3.63) is 48.0 Å². The average Bonchev–Trinajstić information content (AvgIpc) is 2.95. The van der Waals surface area contributed by atoms with Crippen LogP contribution in [0.25, 0.3) is 0 Å². The van der Waals surface area contributed by atoms with Gasteiger partial charge in [-0.05, 0) is 42.5 Å². The van der Waals surface area contributed by atoms with Crippen LogP contribution in [0.1, 0.15) is 10.4 Å². The predicted molar refractivity (Wildman–Crippen MR) is 70.5 cm³/mol. The fourth-order valence-electron chi connectivity index (χ4n) is 1.83. The van der Waals surface area contributed by atoms with E-state index >= 15 is 0 Å². The highest BCUT2D eigenvalue weighted by atomic mass is 16.7. The highest BCUT2D eigenvalue weighted by Crippen LogP contribution is 2.32. The van der Waals surface area contributed by atoms with Gasteiger partial charge in [-0.25, -0.2) is 4.79 Å². The van der Waals surface area contributed by atoms with Crippen molar-refractivity contribution >= 4 is 5.97 Å². The molecule has 0 aromatic heterocycles. The van der Waals surface area contributed by atoms with Crippen molar-refractivity contribution in [3.8, 4) is 23.0 Å². The SMILES string of the molecule is COc1ccc(OC(=O)c2ccc3c(c2)OCO3)cc1. The van der Waals surface area contributed by atoms with Crippen LogP contribution in [0.5, 0.6) is 23.0 Å². The number of hydrogen-bond donors (Lipinski definition) is 0. The highest BCUT2D eigenvalue weighted by Gasteiger charge is 2.17. The summed E-state index contributed by atoms with van der Waals surface area (Å²) in [5.74, 6) is 1.88. The van der Waals surface area contributed by atoms with E-state index in [0.717, 1.165) is 0 Å². The number of rotatable bonds is 3. The molecule has 1 aliphatic rings. The van der Waals surface area contributed by atoms with E-state index in [1.54, 1.807) is 49.6 Å². The number of esters is 1. The molecule has 0 radical (unpaired) electrons. The van der Waals surface area contributed by atoms with Crippen LogP contribution in [0, 0.1) is 0 Å². The summed E-state index contributed by atoms with van der Waals surface area (Å²) in [4.78, 5) is 12.0. The van der Waals surface area contributed by atoms with Crippen molar-refractivity contribution < 1.29 is 23.7 Å². The van der Waals surface area contributed by atoms with Crippen molar-refractivity contribution in [1.82, 2.24) is 0 Å². The summed E-state index contributed by atoms with van der Waals surface area (Å²) in [5.41, 5.74) is 0.407. The first kappa shape index (κ1) is 12.3. The lowest BCUT2D eigenvalue weighted by Gasteiger charge is -2.06. The lowest BCUT2D eigenvalue weighted by molar-refractivity contribution is 0.0734. The number of methoxy groups -OCH3 is 1. The van der Waals surface area contributed by atoms with Gasteiger partial charge < -0.3 is 18.9 Å². The van der Waals surface area contributed by atoms with E-state index in [4.69, 9.17) is 18.9 Å².